The smallest absolute Gasteiger partial charge is 0.413 e. The zero-order valence-electron chi connectivity index (χ0n) is 16.8. The molecule has 11 nitrogen and oxygen atoms in total. The number of nitrogens with one attached hydrogen (secondary N) is 2. The third kappa shape index (κ3) is 4.82. The van der Waals surface area contributed by atoms with Gasteiger partial charge in [0.15, 0.2) is 6.23 Å². The Kier molecular flexibility index (Phi) is 5.91. The lowest BCUT2D eigenvalue weighted by atomic mass is 9.93. The first kappa shape index (κ1) is 21.9. The molecule has 0 bridgehead atoms. The quantitative estimate of drug-likeness (QED) is 0.418. The normalized spacial score (nSPS) is 30.1. The van der Waals surface area contributed by atoms with E-state index < -0.39 is 43.0 Å². The zero-order valence-corrected chi connectivity index (χ0v) is 17.7. The number of aromatic amines is 1. The number of aliphatic hydroxyl groups is 1. The van der Waals surface area contributed by atoms with Gasteiger partial charge in [0.25, 0.3) is 5.56 Å². The summed E-state index contributed by atoms with van der Waals surface area (Å²) in [5.41, 5.74) is 3.57. The molecule has 0 spiro atoms. The third-order valence-electron chi connectivity index (χ3n) is 5.22. The fourth-order valence-electron chi connectivity index (χ4n) is 3.36. The van der Waals surface area contributed by atoms with Crippen LogP contribution in [0.1, 0.15) is 26.0 Å². The van der Waals surface area contributed by atoms with E-state index in [-0.39, 0.29) is 12.6 Å². The summed E-state index contributed by atoms with van der Waals surface area (Å²) < 4.78 is 31.4. The van der Waals surface area contributed by atoms with Crippen molar-refractivity contribution in [3.8, 4) is 5.75 Å². The van der Waals surface area contributed by atoms with Gasteiger partial charge in [0, 0.05) is 18.3 Å². The van der Waals surface area contributed by atoms with Crippen LogP contribution in [0.3, 0.4) is 0 Å². The Bertz CT molecular complexity index is 1080. The molecule has 12 heteroatoms. The Hall–Kier alpha value is -2.27. The van der Waals surface area contributed by atoms with Crippen LogP contribution >= 0.6 is 7.75 Å². The van der Waals surface area contributed by atoms with E-state index in [1.807, 2.05) is 0 Å². The highest BCUT2D eigenvalue weighted by Crippen LogP contribution is 2.48. The highest BCUT2D eigenvalue weighted by molar-refractivity contribution is 7.52. The molecule has 2 aromatic rings. The van der Waals surface area contributed by atoms with Gasteiger partial charge in [0.1, 0.15) is 18.0 Å². The first-order valence-electron chi connectivity index (χ1n) is 9.89. The molecule has 4 rings (SSSR count). The van der Waals surface area contributed by atoms with Gasteiger partial charge in [-0.05, 0) is 31.9 Å². The molecule has 0 amide bonds. The lowest BCUT2D eigenvalue weighted by Crippen LogP contribution is -2.53. The standard InChI is InChI=1S/C19H25N4O7P/c1-19(20)16(25)14(29-17(19)23-10-9-15(24)21-18(23)26)11-28-31(27,22-12-7-8-12)30-13-5-3-2-4-6-13/h2-6,9-10,12,14,16-17,25H,7-8,11,20H2,1H3,(H,22,27)(H,21,24,26)/t14-,16-,17-,19-,31?/m1/s1. The van der Waals surface area contributed by atoms with Crippen molar-refractivity contribution < 1.29 is 23.5 Å². The number of aliphatic hydroxyl groups excluding tert-OH is 1. The van der Waals surface area contributed by atoms with Gasteiger partial charge in [0.05, 0.1) is 12.1 Å². The van der Waals surface area contributed by atoms with Crippen LogP contribution in [0, 0.1) is 0 Å². The second-order valence-corrected chi connectivity index (χ2v) is 9.65. The lowest BCUT2D eigenvalue weighted by Gasteiger charge is -2.28. The van der Waals surface area contributed by atoms with E-state index in [1.165, 1.54) is 13.1 Å². The highest BCUT2D eigenvalue weighted by atomic mass is 31.2. The van der Waals surface area contributed by atoms with Crippen LogP contribution < -0.4 is 26.6 Å². The molecule has 5 N–H and O–H groups in total. The molecule has 1 unspecified atom stereocenters. The number of para-hydroxylation sites is 1. The number of ether oxygens (including phenoxy) is 1. The Labute approximate surface area is 177 Å². The van der Waals surface area contributed by atoms with Crippen molar-refractivity contribution in [2.24, 2.45) is 5.73 Å². The van der Waals surface area contributed by atoms with Crippen molar-refractivity contribution in [1.29, 1.82) is 0 Å². The summed E-state index contributed by atoms with van der Waals surface area (Å²) in [5.74, 6) is 0.369. The van der Waals surface area contributed by atoms with Crippen molar-refractivity contribution in [2.75, 3.05) is 6.61 Å². The maximum Gasteiger partial charge on any atom is 0.459 e. The van der Waals surface area contributed by atoms with E-state index in [2.05, 4.69) is 10.1 Å². The number of aromatic nitrogens is 2. The van der Waals surface area contributed by atoms with Crippen LogP contribution in [0.5, 0.6) is 5.75 Å². The van der Waals surface area contributed by atoms with Crippen molar-refractivity contribution in [3.05, 3.63) is 63.4 Å². The maximum atomic E-state index is 13.3. The summed E-state index contributed by atoms with van der Waals surface area (Å²) in [4.78, 5) is 25.6. The number of nitrogens with zero attached hydrogens (tertiary/aromatic N) is 1. The first-order valence-corrected chi connectivity index (χ1v) is 11.4. The number of rotatable bonds is 8. The molecule has 1 aliphatic carbocycles. The van der Waals surface area contributed by atoms with E-state index in [4.69, 9.17) is 19.5 Å². The van der Waals surface area contributed by atoms with E-state index in [9.17, 15) is 19.3 Å². The second kappa shape index (κ2) is 8.34. The van der Waals surface area contributed by atoms with Crippen LogP contribution in [0.2, 0.25) is 0 Å². The van der Waals surface area contributed by atoms with E-state index in [0.717, 1.165) is 23.5 Å². The number of H-pyrrole nitrogens is 1. The molecule has 1 aromatic carbocycles. The number of benzene rings is 1. The van der Waals surface area contributed by atoms with E-state index in [0.29, 0.717) is 5.75 Å². The van der Waals surface area contributed by atoms with Crippen LogP contribution in [0.4, 0.5) is 0 Å². The molecule has 31 heavy (non-hydrogen) atoms. The Morgan fingerprint density at radius 1 is 1.32 bits per heavy atom. The topological polar surface area (TPSA) is 158 Å². The summed E-state index contributed by atoms with van der Waals surface area (Å²) in [7, 11) is -3.76. The van der Waals surface area contributed by atoms with E-state index in [1.54, 1.807) is 30.3 Å². The minimum Gasteiger partial charge on any atom is -0.413 e. The molecule has 1 saturated carbocycles. The fraction of sp³-hybridized carbons (Fsp3) is 0.474. The SMILES string of the molecule is C[C@@]1(N)[C@H](O)[C@@H](COP(=O)(NC2CC2)Oc2ccccc2)O[C@H]1n1ccc(=O)[nH]c1=O. The number of nitrogens with two attached hydrogens (primary N) is 1. The molecule has 168 valence electrons. The summed E-state index contributed by atoms with van der Waals surface area (Å²) >= 11 is 0. The van der Waals surface area contributed by atoms with Crippen LogP contribution in [-0.4, -0.2) is 45.1 Å². The van der Waals surface area contributed by atoms with Crippen LogP contribution in [-0.2, 0) is 13.8 Å². The molecule has 5 atom stereocenters. The molecule has 1 aromatic heterocycles. The fourth-order valence-corrected chi connectivity index (χ4v) is 4.99. The Morgan fingerprint density at radius 3 is 2.68 bits per heavy atom. The van der Waals surface area contributed by atoms with Crippen LogP contribution in [0.25, 0.3) is 0 Å². The van der Waals surface area contributed by atoms with E-state index >= 15 is 0 Å². The van der Waals surface area contributed by atoms with Gasteiger partial charge in [0.2, 0.25) is 0 Å². The van der Waals surface area contributed by atoms with Gasteiger partial charge in [-0.15, -0.1) is 0 Å². The molecule has 1 aliphatic heterocycles. The molecular formula is C19H25N4O7P. The van der Waals surface area contributed by atoms with Gasteiger partial charge in [-0.2, -0.15) is 0 Å². The molecular weight excluding hydrogens is 427 g/mol. The summed E-state index contributed by atoms with van der Waals surface area (Å²) in [6, 6.07) is 9.77. The van der Waals surface area contributed by atoms with Crippen molar-refractivity contribution in [3.63, 3.8) is 0 Å². The first-order chi connectivity index (χ1) is 14.7. The predicted octanol–water partition coefficient (Wildman–Crippen LogP) is 0.468. The van der Waals surface area contributed by atoms with Crippen molar-refractivity contribution in [1.82, 2.24) is 14.6 Å². The average Bonchev–Trinajstić information content (AvgIpc) is 3.49. The zero-order chi connectivity index (χ0) is 22.2. The largest absolute Gasteiger partial charge is 0.459 e. The number of hydrogen-bond acceptors (Lipinski definition) is 8. The average molecular weight is 452 g/mol. The Balaban J connectivity index is 1.50. The minimum absolute atomic E-state index is 0.0243. The van der Waals surface area contributed by atoms with Gasteiger partial charge in [-0.3, -0.25) is 18.9 Å². The second-order valence-electron chi connectivity index (χ2n) is 7.96. The van der Waals surface area contributed by atoms with Crippen molar-refractivity contribution in [2.45, 2.75) is 49.8 Å². The summed E-state index contributed by atoms with van der Waals surface area (Å²) in [5, 5.41) is 13.6. The molecule has 1 saturated heterocycles. The lowest BCUT2D eigenvalue weighted by molar-refractivity contribution is -0.0456. The van der Waals surface area contributed by atoms with Gasteiger partial charge >= 0.3 is 13.4 Å². The van der Waals surface area contributed by atoms with Gasteiger partial charge in [-0.25, -0.2) is 14.4 Å². The molecule has 2 fully saturated rings. The van der Waals surface area contributed by atoms with Gasteiger partial charge < -0.3 is 20.1 Å². The van der Waals surface area contributed by atoms with Gasteiger partial charge in [-0.1, -0.05) is 18.2 Å². The van der Waals surface area contributed by atoms with Crippen molar-refractivity contribution >= 4 is 7.75 Å². The summed E-state index contributed by atoms with van der Waals surface area (Å²) in [6.07, 6.45) is -0.371. The van der Waals surface area contributed by atoms with Crippen LogP contribution in [0.15, 0.2) is 52.2 Å². The maximum absolute atomic E-state index is 13.3. The molecule has 0 radical (unpaired) electrons. The third-order valence-corrected chi connectivity index (χ3v) is 6.85. The Morgan fingerprint density at radius 2 is 2.03 bits per heavy atom. The highest BCUT2D eigenvalue weighted by Gasteiger charge is 2.52. The molecule has 2 aliphatic rings. The molecule has 2 heterocycles. The monoisotopic (exact) mass is 452 g/mol. The summed E-state index contributed by atoms with van der Waals surface area (Å²) in [6.45, 7) is 1.22. The predicted molar refractivity (Wildman–Crippen MR) is 111 cm³/mol. The number of hydrogen-bond donors (Lipinski definition) is 4. The minimum atomic E-state index is -3.76.